The molecule has 0 amide bonds. The first-order valence-electron chi connectivity index (χ1n) is 5.71. The van der Waals surface area contributed by atoms with Gasteiger partial charge in [-0.05, 0) is 23.3 Å². The Morgan fingerprint density at radius 2 is 1.45 bits per heavy atom. The molecule has 0 N–H and O–H groups in total. The average Bonchev–Trinajstić information content (AvgIpc) is 2.41. The molecule has 1 aromatic carbocycles. The first-order valence-corrected chi connectivity index (χ1v) is 12.0. The average molecular weight is 385 g/mol. The van der Waals surface area contributed by atoms with Gasteiger partial charge in [0.25, 0.3) is 0 Å². The quantitative estimate of drug-likeness (QED) is 0.491. The Bertz CT molecular complexity index is 515. The predicted octanol–water partition coefficient (Wildman–Crippen LogP) is 7.32. The Kier molecular flexibility index (Phi) is 6.69. The van der Waals surface area contributed by atoms with Gasteiger partial charge >= 0.3 is 0 Å². The summed E-state index contributed by atoms with van der Waals surface area (Å²) in [7, 11) is 0. The van der Waals surface area contributed by atoms with E-state index in [-0.39, 0.29) is 0 Å². The predicted molar refractivity (Wildman–Crippen MR) is 94.5 cm³/mol. The van der Waals surface area contributed by atoms with Gasteiger partial charge in [0.15, 0.2) is 0 Å². The van der Waals surface area contributed by atoms with E-state index in [9.17, 15) is 0 Å². The molecular weight excluding hydrogens is 374 g/mol. The molecule has 1 nitrogen and oxygen atoms in total. The van der Waals surface area contributed by atoms with Gasteiger partial charge in [0.2, 0.25) is 0 Å². The largest absolute Gasteiger partial charge is 0.350 e. The third-order valence-electron chi connectivity index (χ3n) is 2.68. The van der Waals surface area contributed by atoms with Crippen LogP contribution in [0.1, 0.15) is 5.56 Å². The van der Waals surface area contributed by atoms with Gasteiger partial charge in [0.1, 0.15) is 13.3 Å². The Morgan fingerprint density at radius 3 is 1.95 bits per heavy atom. The van der Waals surface area contributed by atoms with Gasteiger partial charge in [-0.15, -0.1) is 0 Å². The zero-order chi connectivity index (χ0) is 14.5. The molecule has 0 unspecified atom stereocenters. The summed E-state index contributed by atoms with van der Waals surface area (Å²) in [5.41, 5.74) is 2.14. The summed E-state index contributed by atoms with van der Waals surface area (Å²) in [5.74, 6) is 0. The molecule has 106 valence electrons. The van der Waals surface area contributed by atoms with Crippen molar-refractivity contribution in [2.75, 3.05) is 0 Å². The highest BCUT2D eigenvalue weighted by Crippen LogP contribution is 2.73. The third-order valence-corrected chi connectivity index (χ3v) is 8.48. The van der Waals surface area contributed by atoms with E-state index >= 15 is 0 Å². The maximum Gasteiger partial charge on any atom is 0.120 e. The van der Waals surface area contributed by atoms with Gasteiger partial charge in [0, 0.05) is 24.0 Å². The lowest BCUT2D eigenvalue weighted by molar-refractivity contribution is 0.497. The minimum absolute atomic E-state index is 0.730. The number of halogens is 4. The maximum atomic E-state index is 5.98. The Labute approximate surface area is 140 Å². The van der Waals surface area contributed by atoms with E-state index < -0.39 is 13.3 Å². The van der Waals surface area contributed by atoms with Crippen LogP contribution in [0.5, 0.6) is 0 Å². The minimum Gasteiger partial charge on any atom is -0.350 e. The zero-order valence-corrected chi connectivity index (χ0v) is 15.1. The van der Waals surface area contributed by atoms with Gasteiger partial charge in [-0.25, -0.2) is 0 Å². The monoisotopic (exact) mass is 383 g/mol. The van der Waals surface area contributed by atoms with Gasteiger partial charge < -0.3 is 4.90 Å². The zero-order valence-electron chi connectivity index (χ0n) is 10.3. The smallest absolute Gasteiger partial charge is 0.120 e. The first kappa shape index (κ1) is 16.6. The summed E-state index contributed by atoms with van der Waals surface area (Å²) in [5, 5.41) is 0.730. The van der Waals surface area contributed by atoms with E-state index in [0.29, 0.717) is 0 Å². The summed E-state index contributed by atoms with van der Waals surface area (Å²) in [6, 6.07) is 10.2. The van der Waals surface area contributed by atoms with Crippen molar-refractivity contribution in [3.63, 3.8) is 0 Å². The van der Waals surface area contributed by atoms with Crippen LogP contribution in [0.4, 0.5) is 0 Å². The molecule has 0 aromatic heterocycles. The number of nitrogens with zero attached hydrogens (tertiary/aromatic N) is 1. The van der Waals surface area contributed by atoms with E-state index in [1.54, 1.807) is 0 Å². The van der Waals surface area contributed by atoms with Crippen LogP contribution < -0.4 is 0 Å². The maximum absolute atomic E-state index is 5.98. The van der Waals surface area contributed by atoms with Crippen molar-refractivity contribution in [3.05, 3.63) is 71.1 Å². The summed E-state index contributed by atoms with van der Waals surface area (Å²) < 4.78 is 0. The molecule has 1 aliphatic heterocycles. The number of rotatable bonds is 4. The molecule has 0 fully saturated rings. The van der Waals surface area contributed by atoms with Gasteiger partial charge in [-0.1, -0.05) is 75.3 Å². The van der Waals surface area contributed by atoms with Gasteiger partial charge in [-0.3, -0.25) is 0 Å². The standard InChI is InChI=1S/C13H11Cl4NP2/c14-19(15)13(20(16)17)12-6-8-18(9-7-12)10-11-4-2-1-3-5-11/h1-9H,10H2. The third kappa shape index (κ3) is 4.63. The molecule has 1 aromatic rings. The number of benzene rings is 1. The van der Waals surface area contributed by atoms with E-state index in [1.165, 1.54) is 5.56 Å². The lowest BCUT2D eigenvalue weighted by Crippen LogP contribution is -2.11. The molecule has 0 bridgehead atoms. The van der Waals surface area contributed by atoms with Crippen LogP contribution in [0.25, 0.3) is 0 Å². The fourth-order valence-electron chi connectivity index (χ4n) is 1.76. The topological polar surface area (TPSA) is 3.24 Å². The molecule has 0 saturated carbocycles. The molecule has 7 heteroatoms. The van der Waals surface area contributed by atoms with Crippen molar-refractivity contribution < 1.29 is 0 Å². The van der Waals surface area contributed by atoms with Crippen molar-refractivity contribution in [3.8, 4) is 0 Å². The molecule has 0 spiro atoms. The van der Waals surface area contributed by atoms with Crippen molar-refractivity contribution in [1.29, 1.82) is 0 Å². The lowest BCUT2D eigenvalue weighted by atomic mass is 10.2. The first-order chi connectivity index (χ1) is 9.58. The summed E-state index contributed by atoms with van der Waals surface area (Å²) in [6.07, 6.45) is 7.83. The molecule has 0 radical (unpaired) electrons. The molecule has 0 atom stereocenters. The van der Waals surface area contributed by atoms with Crippen LogP contribution in [0.3, 0.4) is 0 Å². The second-order valence-electron chi connectivity index (χ2n) is 4.03. The van der Waals surface area contributed by atoms with Crippen molar-refractivity contribution >= 4 is 58.2 Å². The minimum atomic E-state index is -1.32. The van der Waals surface area contributed by atoms with E-state index in [4.69, 9.17) is 45.0 Å². The highest BCUT2D eigenvalue weighted by molar-refractivity contribution is 8.21. The number of allylic oxidation sites excluding steroid dienone is 3. The fraction of sp³-hybridized carbons (Fsp3) is 0.0769. The van der Waals surface area contributed by atoms with Crippen LogP contribution >= 0.6 is 58.2 Å². The Hall–Kier alpha value is 0.260. The summed E-state index contributed by atoms with van der Waals surface area (Å²) in [4.78, 5) is 2.08. The second kappa shape index (κ2) is 8.04. The van der Waals surface area contributed by atoms with E-state index in [1.807, 2.05) is 42.8 Å². The van der Waals surface area contributed by atoms with Gasteiger partial charge in [-0.2, -0.15) is 0 Å². The molecular formula is C13H11Cl4NP2. The molecule has 1 aliphatic rings. The summed E-state index contributed by atoms with van der Waals surface area (Å²) >= 11 is 23.9. The molecule has 20 heavy (non-hydrogen) atoms. The van der Waals surface area contributed by atoms with E-state index in [0.717, 1.165) is 17.2 Å². The molecule has 1 heterocycles. The summed E-state index contributed by atoms with van der Waals surface area (Å²) in [6.45, 7) is -1.83. The highest BCUT2D eigenvalue weighted by Gasteiger charge is 2.20. The van der Waals surface area contributed by atoms with Crippen LogP contribution in [0.2, 0.25) is 0 Å². The second-order valence-corrected chi connectivity index (χ2v) is 11.3. The lowest BCUT2D eigenvalue weighted by Gasteiger charge is -2.21. The van der Waals surface area contributed by atoms with E-state index in [2.05, 4.69) is 17.0 Å². The van der Waals surface area contributed by atoms with Crippen LogP contribution in [0.15, 0.2) is 65.5 Å². The SMILES string of the molecule is ClP(Cl)C(=C1C=CN(Cc2ccccc2)C=C1)P(Cl)Cl. The Morgan fingerprint density at radius 1 is 0.900 bits per heavy atom. The fourth-order valence-corrected chi connectivity index (χ4v) is 8.19. The van der Waals surface area contributed by atoms with Crippen LogP contribution in [0, 0.1) is 0 Å². The van der Waals surface area contributed by atoms with Crippen molar-refractivity contribution in [2.24, 2.45) is 0 Å². The molecule has 0 saturated heterocycles. The molecule has 0 aliphatic carbocycles. The van der Waals surface area contributed by atoms with Gasteiger partial charge in [0.05, 0.1) is 0 Å². The number of hydrogen-bond donors (Lipinski definition) is 0. The number of hydrogen-bond acceptors (Lipinski definition) is 1. The highest BCUT2D eigenvalue weighted by atomic mass is 35.9. The van der Waals surface area contributed by atoms with Crippen molar-refractivity contribution in [1.82, 2.24) is 4.90 Å². The van der Waals surface area contributed by atoms with Crippen LogP contribution in [-0.4, -0.2) is 4.90 Å². The Balaban J connectivity index is 2.11. The van der Waals surface area contributed by atoms with Crippen LogP contribution in [-0.2, 0) is 6.54 Å². The molecule has 2 rings (SSSR count). The van der Waals surface area contributed by atoms with Crippen molar-refractivity contribution in [2.45, 2.75) is 6.54 Å². The normalized spacial score (nSPS) is 14.5.